The lowest BCUT2D eigenvalue weighted by Gasteiger charge is -2.19. The summed E-state index contributed by atoms with van der Waals surface area (Å²) in [5, 5.41) is 19.1. The molecule has 0 unspecified atom stereocenters. The number of hydrogen-bond acceptors (Lipinski definition) is 2. The molecule has 31 heavy (non-hydrogen) atoms. The van der Waals surface area contributed by atoms with Crippen LogP contribution in [0.5, 0.6) is 0 Å². The van der Waals surface area contributed by atoms with Gasteiger partial charge in [0.25, 0.3) is 0 Å². The second-order valence-corrected chi connectivity index (χ2v) is 8.76. The van der Waals surface area contributed by atoms with Crippen LogP contribution < -0.4 is 9.13 Å². The van der Waals surface area contributed by atoms with E-state index < -0.39 is 11.9 Å². The van der Waals surface area contributed by atoms with Crippen LogP contribution >= 0.6 is 0 Å². The molecule has 6 nitrogen and oxygen atoms in total. The van der Waals surface area contributed by atoms with Crippen molar-refractivity contribution in [3.05, 3.63) is 60.0 Å². The molecule has 0 amide bonds. The van der Waals surface area contributed by atoms with Crippen LogP contribution in [0.1, 0.15) is 50.7 Å². The molecule has 3 aromatic rings. The van der Waals surface area contributed by atoms with E-state index in [9.17, 15) is 9.59 Å². The first kappa shape index (κ1) is 21.0. The number of hydrogen-bond donors (Lipinski definition) is 2. The maximum Gasteiger partial charge on any atom is 0.303 e. The summed E-state index contributed by atoms with van der Waals surface area (Å²) in [6, 6.07) is 10.4. The van der Waals surface area contributed by atoms with Crippen LogP contribution in [-0.4, -0.2) is 22.2 Å². The lowest BCUT2D eigenvalue weighted by atomic mass is 9.83. The number of fused-ring (bicyclic) bond motifs is 5. The summed E-state index contributed by atoms with van der Waals surface area (Å²) in [6.07, 6.45) is 7.87. The van der Waals surface area contributed by atoms with Crippen LogP contribution in [0.4, 0.5) is 0 Å². The van der Waals surface area contributed by atoms with E-state index >= 15 is 0 Å². The molecule has 0 saturated carbocycles. The Morgan fingerprint density at radius 2 is 1.58 bits per heavy atom. The van der Waals surface area contributed by atoms with Crippen molar-refractivity contribution in [1.29, 1.82) is 0 Å². The zero-order chi connectivity index (χ0) is 22.2. The van der Waals surface area contributed by atoms with E-state index in [0.29, 0.717) is 25.9 Å². The lowest BCUT2D eigenvalue weighted by molar-refractivity contribution is -0.697. The van der Waals surface area contributed by atoms with E-state index in [4.69, 9.17) is 10.2 Å². The number of pyridine rings is 2. The van der Waals surface area contributed by atoms with Gasteiger partial charge < -0.3 is 10.2 Å². The highest BCUT2D eigenvalue weighted by Crippen LogP contribution is 2.49. The number of carboxylic acid groups (broad SMARTS) is 2. The molecule has 6 heteroatoms. The SMILES string of the molecule is CC1(C)c2c[n+](CCCC(=O)O)ccc2-c2c1c[n+](CCCC(=O)O)c1ccccc21. The Kier molecular flexibility index (Phi) is 5.48. The van der Waals surface area contributed by atoms with Gasteiger partial charge in [-0.1, -0.05) is 26.0 Å². The first-order valence-electron chi connectivity index (χ1n) is 10.7. The summed E-state index contributed by atoms with van der Waals surface area (Å²) in [4.78, 5) is 21.8. The van der Waals surface area contributed by atoms with Gasteiger partial charge in [0.2, 0.25) is 5.52 Å². The fourth-order valence-corrected chi connectivity index (χ4v) is 4.67. The van der Waals surface area contributed by atoms with Crippen LogP contribution in [0.15, 0.2) is 48.9 Å². The molecule has 160 valence electrons. The topological polar surface area (TPSA) is 82.4 Å². The van der Waals surface area contributed by atoms with E-state index in [-0.39, 0.29) is 18.3 Å². The van der Waals surface area contributed by atoms with Gasteiger partial charge in [-0.15, -0.1) is 0 Å². The predicted octanol–water partition coefficient (Wildman–Crippen LogP) is 3.45. The third kappa shape index (κ3) is 3.90. The van der Waals surface area contributed by atoms with Gasteiger partial charge in [0.15, 0.2) is 18.6 Å². The Balaban J connectivity index is 1.78. The molecule has 0 bridgehead atoms. The summed E-state index contributed by atoms with van der Waals surface area (Å²) in [6.45, 7) is 5.76. The number of benzene rings is 1. The maximum absolute atomic E-state index is 11.0. The molecule has 2 aromatic heterocycles. The van der Waals surface area contributed by atoms with Gasteiger partial charge in [-0.3, -0.25) is 9.59 Å². The number of rotatable bonds is 8. The second kappa shape index (κ2) is 8.10. The summed E-state index contributed by atoms with van der Waals surface area (Å²) >= 11 is 0. The third-order valence-electron chi connectivity index (χ3n) is 6.27. The Hall–Kier alpha value is -3.28. The van der Waals surface area contributed by atoms with Gasteiger partial charge in [-0.05, 0) is 11.6 Å². The molecular formula is C25H28N2O4+2. The Morgan fingerprint density at radius 3 is 2.29 bits per heavy atom. The molecule has 2 heterocycles. The van der Waals surface area contributed by atoms with E-state index in [1.54, 1.807) is 0 Å². The standard InChI is InChI=1S/C25H26N2O4/c1-25(2)19-15-26(12-5-9-22(28)29)14-11-17(19)24-18-7-3-4-8-21(18)27(16-20(24)25)13-6-10-23(30)31/h3-4,7-8,11,14-16H,5-6,9-10,12-13H2,1-2H3/p+2. The van der Waals surface area contributed by atoms with Gasteiger partial charge >= 0.3 is 11.9 Å². The quantitative estimate of drug-likeness (QED) is 0.547. The number of aryl methyl sites for hydroxylation is 2. The molecule has 0 atom stereocenters. The zero-order valence-corrected chi connectivity index (χ0v) is 18.0. The van der Waals surface area contributed by atoms with Gasteiger partial charge in [-0.25, -0.2) is 4.57 Å². The normalized spacial score (nSPS) is 13.7. The fraction of sp³-hybridized carbons (Fsp3) is 0.360. The highest BCUT2D eigenvalue weighted by molar-refractivity contribution is 5.98. The van der Waals surface area contributed by atoms with E-state index in [2.05, 4.69) is 53.6 Å². The lowest BCUT2D eigenvalue weighted by Crippen LogP contribution is -2.37. The Labute approximate surface area is 181 Å². The van der Waals surface area contributed by atoms with Crippen molar-refractivity contribution >= 4 is 22.8 Å². The summed E-state index contributed by atoms with van der Waals surface area (Å²) in [5.74, 6) is -1.54. The first-order chi connectivity index (χ1) is 14.8. The maximum atomic E-state index is 11.0. The van der Waals surface area contributed by atoms with E-state index in [0.717, 1.165) is 5.52 Å². The highest BCUT2D eigenvalue weighted by atomic mass is 16.4. The monoisotopic (exact) mass is 420 g/mol. The Bertz CT molecular complexity index is 1180. The number of aromatic nitrogens is 2. The minimum Gasteiger partial charge on any atom is -0.481 e. The Morgan fingerprint density at radius 1 is 0.903 bits per heavy atom. The molecular weight excluding hydrogens is 392 g/mol. The zero-order valence-electron chi connectivity index (χ0n) is 18.0. The molecule has 0 fully saturated rings. The molecule has 1 aliphatic carbocycles. The van der Waals surface area contributed by atoms with Crippen molar-refractivity contribution in [2.24, 2.45) is 0 Å². The average Bonchev–Trinajstić information content (AvgIpc) is 2.94. The van der Waals surface area contributed by atoms with Crippen molar-refractivity contribution < 1.29 is 28.9 Å². The average molecular weight is 421 g/mol. The van der Waals surface area contributed by atoms with E-state index in [1.165, 1.54) is 27.6 Å². The molecule has 2 N–H and O–H groups in total. The summed E-state index contributed by atoms with van der Waals surface area (Å²) in [7, 11) is 0. The van der Waals surface area contributed by atoms with Crippen molar-refractivity contribution in [3.63, 3.8) is 0 Å². The van der Waals surface area contributed by atoms with E-state index in [1.807, 2.05) is 18.3 Å². The summed E-state index contributed by atoms with van der Waals surface area (Å²) < 4.78 is 4.27. The highest BCUT2D eigenvalue weighted by Gasteiger charge is 2.41. The van der Waals surface area contributed by atoms with Gasteiger partial charge in [-0.2, -0.15) is 4.57 Å². The van der Waals surface area contributed by atoms with Crippen LogP contribution in [-0.2, 0) is 28.1 Å². The largest absolute Gasteiger partial charge is 0.481 e. The molecule has 0 aliphatic heterocycles. The number of aliphatic carboxylic acids is 2. The minimum absolute atomic E-state index is 0.151. The number of carbonyl (C=O) groups is 2. The van der Waals surface area contributed by atoms with Crippen molar-refractivity contribution in [2.45, 2.75) is 58.0 Å². The van der Waals surface area contributed by atoms with Gasteiger partial charge in [0, 0.05) is 47.1 Å². The number of para-hydroxylation sites is 1. The van der Waals surface area contributed by atoms with Crippen molar-refractivity contribution in [1.82, 2.24) is 0 Å². The van der Waals surface area contributed by atoms with Crippen LogP contribution in [0.2, 0.25) is 0 Å². The van der Waals surface area contributed by atoms with Crippen molar-refractivity contribution in [3.8, 4) is 11.1 Å². The van der Waals surface area contributed by atoms with Crippen LogP contribution in [0.3, 0.4) is 0 Å². The summed E-state index contributed by atoms with van der Waals surface area (Å²) in [5.41, 5.74) is 5.81. The first-order valence-corrected chi connectivity index (χ1v) is 10.7. The fourth-order valence-electron chi connectivity index (χ4n) is 4.67. The molecule has 0 saturated heterocycles. The van der Waals surface area contributed by atoms with Crippen molar-refractivity contribution in [2.75, 3.05) is 0 Å². The van der Waals surface area contributed by atoms with Crippen LogP contribution in [0.25, 0.3) is 22.0 Å². The predicted molar refractivity (Wildman–Crippen MR) is 116 cm³/mol. The van der Waals surface area contributed by atoms with Crippen LogP contribution in [0, 0.1) is 0 Å². The smallest absolute Gasteiger partial charge is 0.303 e. The molecule has 1 aliphatic rings. The number of carboxylic acids is 2. The number of nitrogens with zero attached hydrogens (tertiary/aromatic N) is 2. The van der Waals surface area contributed by atoms with Gasteiger partial charge in [0.05, 0.1) is 18.2 Å². The second-order valence-electron chi connectivity index (χ2n) is 8.76. The molecule has 4 rings (SSSR count). The third-order valence-corrected chi connectivity index (χ3v) is 6.27. The molecule has 0 spiro atoms. The molecule has 1 aromatic carbocycles. The minimum atomic E-state index is -0.772. The molecule has 0 radical (unpaired) electrons. The van der Waals surface area contributed by atoms with Gasteiger partial charge in [0.1, 0.15) is 13.1 Å².